The van der Waals surface area contributed by atoms with E-state index in [1.807, 2.05) is 35.9 Å². The minimum Gasteiger partial charge on any atom is -0.484 e. The van der Waals surface area contributed by atoms with Gasteiger partial charge in [-0.2, -0.15) is 5.26 Å². The van der Waals surface area contributed by atoms with E-state index in [-0.39, 0.29) is 12.4 Å². The van der Waals surface area contributed by atoms with E-state index in [2.05, 4.69) is 4.98 Å². The molecule has 2 heterocycles. The van der Waals surface area contributed by atoms with E-state index >= 15 is 0 Å². The first kappa shape index (κ1) is 17.2. The Morgan fingerprint density at radius 1 is 1.40 bits per heavy atom. The Kier molecular flexibility index (Phi) is 4.88. The molecule has 3 rings (SSSR count). The van der Waals surface area contributed by atoms with Gasteiger partial charge in [0.25, 0.3) is 0 Å². The summed E-state index contributed by atoms with van der Waals surface area (Å²) in [5.74, 6) is 0.235. The smallest absolute Gasteiger partial charge is 0.202 e. The normalized spacial score (nSPS) is 10.5. The Morgan fingerprint density at radius 3 is 2.84 bits per heavy atom. The van der Waals surface area contributed by atoms with Crippen LogP contribution in [0.3, 0.4) is 0 Å². The van der Waals surface area contributed by atoms with Gasteiger partial charge in [-0.25, -0.2) is 4.98 Å². The van der Waals surface area contributed by atoms with Crippen LogP contribution in [-0.2, 0) is 0 Å². The van der Waals surface area contributed by atoms with Crippen molar-refractivity contribution in [3.63, 3.8) is 0 Å². The summed E-state index contributed by atoms with van der Waals surface area (Å²) in [6.45, 7) is 3.69. The molecule has 1 aromatic carbocycles. The van der Waals surface area contributed by atoms with Crippen molar-refractivity contribution < 1.29 is 9.53 Å². The molecule has 0 atom stereocenters. The molecule has 0 spiro atoms. The summed E-state index contributed by atoms with van der Waals surface area (Å²) >= 11 is 7.58. The molecule has 0 aliphatic carbocycles. The molecule has 0 radical (unpaired) electrons. The summed E-state index contributed by atoms with van der Waals surface area (Å²) in [6, 6.07) is 8.53. The van der Waals surface area contributed by atoms with Crippen LogP contribution >= 0.6 is 22.9 Å². The molecule has 0 fully saturated rings. The number of carbonyl (C=O) groups excluding carboxylic acids is 1. The zero-order valence-corrected chi connectivity index (χ0v) is 15.2. The van der Waals surface area contributed by atoms with Gasteiger partial charge >= 0.3 is 0 Å². The fourth-order valence-electron chi connectivity index (χ4n) is 2.57. The van der Waals surface area contributed by atoms with Gasteiger partial charge in [0.15, 0.2) is 11.7 Å². The lowest BCUT2D eigenvalue weighted by atomic mass is 10.1. The topological polar surface area (TPSA) is 67.9 Å². The van der Waals surface area contributed by atoms with Crippen molar-refractivity contribution in [2.24, 2.45) is 0 Å². The molecule has 126 valence electrons. The van der Waals surface area contributed by atoms with Crippen LogP contribution in [0.5, 0.6) is 5.75 Å². The number of carbonyl (C=O) groups is 1. The Balaban J connectivity index is 1.79. The second-order valence-electron chi connectivity index (χ2n) is 5.40. The van der Waals surface area contributed by atoms with Crippen molar-refractivity contribution in [2.75, 3.05) is 6.61 Å². The lowest BCUT2D eigenvalue weighted by Gasteiger charge is -2.08. The van der Waals surface area contributed by atoms with Crippen LogP contribution in [-0.4, -0.2) is 21.9 Å². The number of Topliss-reactive ketones (excluding diaryl/α,β-unsaturated/α-hetero) is 1. The molecule has 0 aliphatic rings. The van der Waals surface area contributed by atoms with Crippen LogP contribution in [0.4, 0.5) is 0 Å². The molecule has 3 aromatic rings. The van der Waals surface area contributed by atoms with Crippen molar-refractivity contribution in [1.82, 2.24) is 9.55 Å². The third-order valence-electron chi connectivity index (χ3n) is 3.76. The summed E-state index contributed by atoms with van der Waals surface area (Å²) < 4.78 is 7.49. The summed E-state index contributed by atoms with van der Waals surface area (Å²) in [4.78, 5) is 16.9. The van der Waals surface area contributed by atoms with Gasteiger partial charge in [0.2, 0.25) is 5.78 Å². The molecular weight excluding hydrogens is 358 g/mol. The first-order valence-corrected chi connectivity index (χ1v) is 8.71. The maximum absolute atomic E-state index is 12.6. The van der Waals surface area contributed by atoms with E-state index in [4.69, 9.17) is 21.6 Å². The fourth-order valence-corrected chi connectivity index (χ4v) is 3.56. The maximum atomic E-state index is 12.6. The zero-order valence-electron chi connectivity index (χ0n) is 13.6. The third-order valence-corrected chi connectivity index (χ3v) is 4.81. The number of aromatic nitrogens is 2. The number of rotatable bonds is 5. The number of aryl methyl sites for hydroxylation is 1. The Labute approximate surface area is 154 Å². The Bertz CT molecular complexity index is 971. The molecule has 7 heteroatoms. The second kappa shape index (κ2) is 7.09. The summed E-state index contributed by atoms with van der Waals surface area (Å²) in [5.41, 5.74) is 2.80. The van der Waals surface area contributed by atoms with Gasteiger partial charge in [0.05, 0.1) is 16.7 Å². The Hall–Kier alpha value is -2.62. The van der Waals surface area contributed by atoms with E-state index in [1.54, 1.807) is 18.3 Å². The van der Waals surface area contributed by atoms with Gasteiger partial charge in [0, 0.05) is 28.5 Å². The van der Waals surface area contributed by atoms with Crippen LogP contribution in [0.15, 0.2) is 35.8 Å². The first-order valence-electron chi connectivity index (χ1n) is 7.45. The highest BCUT2D eigenvalue weighted by Crippen LogP contribution is 2.26. The third kappa shape index (κ3) is 3.43. The number of ether oxygens (including phenoxy) is 1. The molecular formula is C18H14ClN3O2S. The van der Waals surface area contributed by atoms with Crippen molar-refractivity contribution in [3.8, 4) is 17.0 Å². The molecule has 2 aromatic heterocycles. The number of hydrogen-bond acceptors (Lipinski definition) is 5. The van der Waals surface area contributed by atoms with Crippen molar-refractivity contribution in [2.45, 2.75) is 13.8 Å². The predicted molar refractivity (Wildman–Crippen MR) is 96.9 cm³/mol. The van der Waals surface area contributed by atoms with Gasteiger partial charge in [-0.1, -0.05) is 11.6 Å². The molecule has 0 unspecified atom stereocenters. The molecule has 5 nitrogen and oxygen atoms in total. The highest BCUT2D eigenvalue weighted by Gasteiger charge is 2.18. The second-order valence-corrected chi connectivity index (χ2v) is 6.68. The van der Waals surface area contributed by atoms with Crippen molar-refractivity contribution in [1.29, 1.82) is 5.26 Å². The van der Waals surface area contributed by atoms with Crippen molar-refractivity contribution in [3.05, 3.63) is 63.4 Å². The maximum Gasteiger partial charge on any atom is 0.202 e. The standard InChI is InChI=1S/C18H14ClN3O2S/c1-11-7-14(12(2)22(11)18-21-5-6-25-18)16(23)10-24-17-4-3-13(9-20)8-15(17)19/h3-8H,10H2,1-2H3. The Morgan fingerprint density at radius 2 is 2.20 bits per heavy atom. The summed E-state index contributed by atoms with van der Waals surface area (Å²) in [6.07, 6.45) is 1.73. The number of halogens is 1. The average Bonchev–Trinajstić information content (AvgIpc) is 3.21. The van der Waals surface area contributed by atoms with Gasteiger partial charge in [0.1, 0.15) is 5.75 Å². The van der Waals surface area contributed by atoms with E-state index in [1.165, 1.54) is 17.4 Å². The lowest BCUT2D eigenvalue weighted by molar-refractivity contribution is 0.0921. The van der Waals surface area contributed by atoms with Crippen LogP contribution in [0.1, 0.15) is 27.3 Å². The van der Waals surface area contributed by atoms with E-state index in [9.17, 15) is 4.79 Å². The molecule has 0 aliphatic heterocycles. The SMILES string of the molecule is Cc1cc(C(=O)COc2ccc(C#N)cc2Cl)c(C)n1-c1nccs1. The highest BCUT2D eigenvalue weighted by atomic mass is 35.5. The van der Waals surface area contributed by atoms with Gasteiger partial charge < -0.3 is 4.74 Å². The van der Waals surface area contributed by atoms with E-state index < -0.39 is 0 Å². The molecule has 0 amide bonds. The number of nitriles is 1. The van der Waals surface area contributed by atoms with Crippen LogP contribution in [0.25, 0.3) is 5.13 Å². The summed E-state index contributed by atoms with van der Waals surface area (Å²) in [7, 11) is 0. The average molecular weight is 372 g/mol. The predicted octanol–water partition coefficient (Wildman–Crippen LogP) is 4.34. The molecule has 0 bridgehead atoms. The first-order chi connectivity index (χ1) is 12.0. The zero-order chi connectivity index (χ0) is 18.0. The van der Waals surface area contributed by atoms with Crippen molar-refractivity contribution >= 4 is 28.7 Å². The minimum absolute atomic E-state index is 0.131. The number of hydrogen-bond donors (Lipinski definition) is 0. The molecule has 25 heavy (non-hydrogen) atoms. The van der Waals surface area contributed by atoms with Crippen LogP contribution in [0, 0.1) is 25.2 Å². The van der Waals surface area contributed by atoms with Gasteiger partial charge in [-0.3, -0.25) is 9.36 Å². The number of benzene rings is 1. The quantitative estimate of drug-likeness (QED) is 0.626. The number of thiazole rings is 1. The van der Waals surface area contributed by atoms with Crippen LogP contribution in [0.2, 0.25) is 5.02 Å². The summed E-state index contributed by atoms with van der Waals surface area (Å²) in [5, 5.41) is 11.9. The van der Waals surface area contributed by atoms with Gasteiger partial charge in [-0.15, -0.1) is 11.3 Å². The van der Waals surface area contributed by atoms with Gasteiger partial charge in [-0.05, 0) is 38.1 Å². The monoisotopic (exact) mass is 371 g/mol. The molecule has 0 N–H and O–H groups in total. The fraction of sp³-hybridized carbons (Fsp3) is 0.167. The van der Waals surface area contributed by atoms with Crippen LogP contribution < -0.4 is 4.74 Å². The van der Waals surface area contributed by atoms with E-state index in [0.29, 0.717) is 21.9 Å². The lowest BCUT2D eigenvalue weighted by Crippen LogP contribution is -2.13. The largest absolute Gasteiger partial charge is 0.484 e. The molecule has 0 saturated carbocycles. The minimum atomic E-state index is -0.142. The highest BCUT2D eigenvalue weighted by molar-refractivity contribution is 7.12. The number of nitrogens with zero attached hydrogens (tertiary/aromatic N) is 3. The number of ketones is 1. The molecule has 0 saturated heterocycles. The van der Waals surface area contributed by atoms with E-state index in [0.717, 1.165) is 16.5 Å².